The Balaban J connectivity index is 1.96. The molecule has 1 N–H and O–H groups in total. The molecule has 21 heavy (non-hydrogen) atoms. The second-order valence-electron chi connectivity index (χ2n) is 4.88. The molecule has 0 saturated carbocycles. The highest BCUT2D eigenvalue weighted by Gasteiger charge is 2.34. The van der Waals surface area contributed by atoms with E-state index in [0.717, 1.165) is 16.9 Å². The van der Waals surface area contributed by atoms with Crippen molar-refractivity contribution in [3.05, 3.63) is 34.0 Å². The van der Waals surface area contributed by atoms with Gasteiger partial charge in [-0.25, -0.2) is 0 Å². The smallest absolute Gasteiger partial charge is 0.250 e. The first-order valence-electron chi connectivity index (χ1n) is 6.99. The van der Waals surface area contributed by atoms with Gasteiger partial charge in [0.1, 0.15) is 6.04 Å². The summed E-state index contributed by atoms with van der Waals surface area (Å²) in [5.74, 6) is 1.16. The lowest BCUT2D eigenvalue weighted by atomic mass is 10.2. The molecule has 1 fully saturated rings. The van der Waals surface area contributed by atoms with E-state index in [9.17, 15) is 9.59 Å². The van der Waals surface area contributed by atoms with E-state index in [1.807, 2.05) is 37.4 Å². The van der Waals surface area contributed by atoms with E-state index in [0.29, 0.717) is 18.2 Å². The number of thiophene rings is 1. The Morgan fingerprint density at radius 3 is 3.00 bits per heavy atom. The zero-order chi connectivity index (χ0) is 15.2. The van der Waals surface area contributed by atoms with E-state index in [2.05, 4.69) is 5.32 Å². The van der Waals surface area contributed by atoms with E-state index in [4.69, 9.17) is 0 Å². The topological polar surface area (TPSA) is 49.4 Å². The lowest BCUT2D eigenvalue weighted by molar-refractivity contribution is -0.135. The second-order valence-corrected chi connectivity index (χ2v) is 6.92. The third kappa shape index (κ3) is 4.11. The Hall–Kier alpha value is -1.27. The summed E-state index contributed by atoms with van der Waals surface area (Å²) in [6.07, 6.45) is 2.74. The fourth-order valence-corrected chi connectivity index (χ4v) is 3.98. The summed E-state index contributed by atoms with van der Waals surface area (Å²) in [4.78, 5) is 27.4. The minimum absolute atomic E-state index is 0.0295. The number of nitrogens with one attached hydrogen (secondary N) is 1. The number of allylic oxidation sites excluding steroid dienone is 1. The van der Waals surface area contributed by atoms with Crippen molar-refractivity contribution in [3.8, 4) is 0 Å². The molecular formula is C15H20N2O2S2. The molecule has 1 atom stereocenters. The van der Waals surface area contributed by atoms with Gasteiger partial charge >= 0.3 is 0 Å². The SMILES string of the molecule is CC/C=C(\C)C(=O)N1CSC[C@@H]1C(=O)NCc1cccs1. The standard InChI is InChI=1S/C15H20N2O2S2/c1-3-5-11(2)15(19)17-10-20-9-13(17)14(18)16-8-12-6-4-7-21-12/h4-7,13H,3,8-10H2,1-2H3,(H,16,18)/b11-5+/t13-/m1/s1. The number of amides is 2. The Bertz CT molecular complexity index is 526. The molecule has 0 bridgehead atoms. The fourth-order valence-electron chi connectivity index (χ4n) is 2.19. The maximum atomic E-state index is 12.3. The van der Waals surface area contributed by atoms with Gasteiger partial charge in [0.15, 0.2) is 0 Å². The van der Waals surface area contributed by atoms with Crippen LogP contribution in [0.1, 0.15) is 25.1 Å². The van der Waals surface area contributed by atoms with E-state index in [-0.39, 0.29) is 17.9 Å². The molecule has 1 aliphatic rings. The Labute approximate surface area is 133 Å². The second kappa shape index (κ2) is 7.66. The van der Waals surface area contributed by atoms with Gasteiger partial charge in [-0.1, -0.05) is 19.1 Å². The quantitative estimate of drug-likeness (QED) is 0.847. The summed E-state index contributed by atoms with van der Waals surface area (Å²) in [5, 5.41) is 4.92. The van der Waals surface area contributed by atoms with E-state index >= 15 is 0 Å². The predicted octanol–water partition coefficient (Wildman–Crippen LogP) is 2.62. The zero-order valence-electron chi connectivity index (χ0n) is 12.3. The largest absolute Gasteiger partial charge is 0.349 e. The Morgan fingerprint density at radius 1 is 1.52 bits per heavy atom. The predicted molar refractivity (Wildman–Crippen MR) is 88.2 cm³/mol. The highest BCUT2D eigenvalue weighted by atomic mass is 32.2. The molecule has 0 aliphatic carbocycles. The number of hydrogen-bond acceptors (Lipinski definition) is 4. The number of nitrogens with zero attached hydrogens (tertiary/aromatic N) is 1. The van der Waals surface area contributed by atoms with Crippen LogP contribution in [0.5, 0.6) is 0 Å². The van der Waals surface area contributed by atoms with E-state index in [1.54, 1.807) is 28.0 Å². The molecule has 114 valence electrons. The number of thioether (sulfide) groups is 1. The van der Waals surface area contributed by atoms with Gasteiger partial charge in [0.05, 0.1) is 12.4 Å². The van der Waals surface area contributed by atoms with Gasteiger partial charge in [-0.3, -0.25) is 9.59 Å². The highest BCUT2D eigenvalue weighted by molar-refractivity contribution is 7.99. The van der Waals surface area contributed by atoms with Crippen LogP contribution in [0.25, 0.3) is 0 Å². The summed E-state index contributed by atoms with van der Waals surface area (Å²) in [6.45, 7) is 4.35. The molecule has 1 saturated heterocycles. The Kier molecular flexibility index (Phi) is 5.87. The third-order valence-electron chi connectivity index (χ3n) is 3.31. The van der Waals surface area contributed by atoms with Crippen molar-refractivity contribution in [1.29, 1.82) is 0 Å². The van der Waals surface area contributed by atoms with Gasteiger partial charge in [0, 0.05) is 16.2 Å². The summed E-state index contributed by atoms with van der Waals surface area (Å²) < 4.78 is 0. The minimum Gasteiger partial charge on any atom is -0.349 e. The average molecular weight is 324 g/mol. The molecule has 0 spiro atoms. The van der Waals surface area contributed by atoms with Crippen LogP contribution in [0.4, 0.5) is 0 Å². The molecule has 1 aromatic heterocycles. The molecular weight excluding hydrogens is 304 g/mol. The van der Waals surface area contributed by atoms with Crippen LogP contribution in [0, 0.1) is 0 Å². The van der Waals surface area contributed by atoms with Crippen molar-refractivity contribution in [2.45, 2.75) is 32.9 Å². The van der Waals surface area contributed by atoms with Crippen molar-refractivity contribution in [2.24, 2.45) is 0 Å². The fraction of sp³-hybridized carbons (Fsp3) is 0.467. The molecule has 2 amide bonds. The lowest BCUT2D eigenvalue weighted by Crippen LogP contribution is -2.47. The maximum absolute atomic E-state index is 12.3. The normalized spacial score (nSPS) is 18.9. The van der Waals surface area contributed by atoms with Crippen molar-refractivity contribution in [3.63, 3.8) is 0 Å². The number of carbonyl (C=O) groups excluding carboxylic acids is 2. The van der Waals surface area contributed by atoms with Crippen LogP contribution in [-0.4, -0.2) is 34.4 Å². The van der Waals surface area contributed by atoms with Gasteiger partial charge in [0.2, 0.25) is 5.91 Å². The van der Waals surface area contributed by atoms with Crippen molar-refractivity contribution < 1.29 is 9.59 Å². The van der Waals surface area contributed by atoms with Crippen LogP contribution in [-0.2, 0) is 16.1 Å². The first-order valence-corrected chi connectivity index (χ1v) is 9.02. The lowest BCUT2D eigenvalue weighted by Gasteiger charge is -2.23. The number of carbonyl (C=O) groups is 2. The van der Waals surface area contributed by atoms with Gasteiger partial charge in [0.25, 0.3) is 5.91 Å². The van der Waals surface area contributed by atoms with Gasteiger partial charge < -0.3 is 10.2 Å². The molecule has 4 nitrogen and oxygen atoms in total. The van der Waals surface area contributed by atoms with E-state index < -0.39 is 0 Å². The van der Waals surface area contributed by atoms with Gasteiger partial charge in [-0.15, -0.1) is 23.1 Å². The zero-order valence-corrected chi connectivity index (χ0v) is 13.9. The molecule has 1 aliphatic heterocycles. The molecule has 1 aromatic rings. The minimum atomic E-state index is -0.359. The number of rotatable bonds is 5. The monoisotopic (exact) mass is 324 g/mol. The van der Waals surface area contributed by atoms with Crippen molar-refractivity contribution in [2.75, 3.05) is 11.6 Å². The molecule has 6 heteroatoms. The van der Waals surface area contributed by atoms with Crippen LogP contribution >= 0.6 is 23.1 Å². The summed E-state index contributed by atoms with van der Waals surface area (Å²) in [5.41, 5.74) is 0.719. The van der Waals surface area contributed by atoms with Crippen molar-refractivity contribution >= 4 is 34.9 Å². The summed E-state index contributed by atoms with van der Waals surface area (Å²) in [7, 11) is 0. The molecule has 0 unspecified atom stereocenters. The number of hydrogen-bond donors (Lipinski definition) is 1. The highest BCUT2D eigenvalue weighted by Crippen LogP contribution is 2.23. The third-order valence-corrected chi connectivity index (χ3v) is 5.20. The van der Waals surface area contributed by atoms with Gasteiger partial charge in [-0.2, -0.15) is 0 Å². The molecule has 2 rings (SSSR count). The average Bonchev–Trinajstić information content (AvgIpc) is 3.15. The summed E-state index contributed by atoms with van der Waals surface area (Å²) in [6, 6.07) is 3.60. The molecule has 2 heterocycles. The van der Waals surface area contributed by atoms with E-state index in [1.165, 1.54) is 0 Å². The first-order chi connectivity index (χ1) is 10.1. The van der Waals surface area contributed by atoms with Crippen molar-refractivity contribution in [1.82, 2.24) is 10.2 Å². The molecule has 0 aromatic carbocycles. The maximum Gasteiger partial charge on any atom is 0.250 e. The first kappa shape index (κ1) is 16.1. The van der Waals surface area contributed by atoms with Crippen LogP contribution in [0.3, 0.4) is 0 Å². The van der Waals surface area contributed by atoms with Crippen LogP contribution in [0.2, 0.25) is 0 Å². The summed E-state index contributed by atoms with van der Waals surface area (Å²) >= 11 is 3.24. The Morgan fingerprint density at radius 2 is 2.33 bits per heavy atom. The van der Waals surface area contributed by atoms with Gasteiger partial charge in [-0.05, 0) is 24.8 Å². The van der Waals surface area contributed by atoms with Crippen LogP contribution < -0.4 is 5.32 Å². The molecule has 0 radical (unpaired) electrons. The van der Waals surface area contributed by atoms with Crippen LogP contribution in [0.15, 0.2) is 29.2 Å².